The van der Waals surface area contributed by atoms with E-state index in [0.29, 0.717) is 5.57 Å². The maximum atomic E-state index is 10.0. The minimum Gasteiger partial charge on any atom is -0.470 e. The summed E-state index contributed by atoms with van der Waals surface area (Å²) < 4.78 is 6.35. The van der Waals surface area contributed by atoms with Crippen LogP contribution in [0.5, 0.6) is 0 Å². The lowest BCUT2D eigenvalue weighted by molar-refractivity contribution is -0.0416. The zero-order chi connectivity index (χ0) is 17.3. The number of hydrogen-bond acceptors (Lipinski definition) is 3. The van der Waals surface area contributed by atoms with Gasteiger partial charge in [0.15, 0.2) is 5.88 Å². The Labute approximate surface area is 148 Å². The average molecular weight is 330 g/mol. The molecule has 1 saturated carbocycles. The van der Waals surface area contributed by atoms with Crippen molar-refractivity contribution in [1.82, 2.24) is 0 Å². The van der Waals surface area contributed by atoms with Crippen molar-refractivity contribution in [3.8, 4) is 6.07 Å². The largest absolute Gasteiger partial charge is 0.470 e. The fourth-order valence-electron chi connectivity index (χ4n) is 4.85. The van der Waals surface area contributed by atoms with Gasteiger partial charge in [-0.1, -0.05) is 67.1 Å². The molecule has 0 aromatic heterocycles. The van der Waals surface area contributed by atoms with Gasteiger partial charge in [-0.2, -0.15) is 5.26 Å². The van der Waals surface area contributed by atoms with Crippen molar-refractivity contribution in [3.63, 3.8) is 0 Å². The van der Waals surface area contributed by atoms with Crippen LogP contribution in [0.3, 0.4) is 0 Å². The number of nitriles is 1. The third-order valence-corrected chi connectivity index (χ3v) is 5.80. The molecule has 0 unspecified atom stereocenters. The molecule has 2 aromatic carbocycles. The monoisotopic (exact) mass is 330 g/mol. The quantitative estimate of drug-likeness (QED) is 0.888. The predicted octanol–water partition coefficient (Wildman–Crippen LogP) is 4.40. The summed E-state index contributed by atoms with van der Waals surface area (Å²) in [7, 11) is 0. The van der Waals surface area contributed by atoms with E-state index in [2.05, 4.69) is 30.3 Å². The zero-order valence-corrected chi connectivity index (χ0v) is 14.2. The first kappa shape index (κ1) is 15.8. The molecule has 3 nitrogen and oxygen atoms in total. The molecule has 2 N–H and O–H groups in total. The van der Waals surface area contributed by atoms with Crippen LogP contribution in [-0.4, -0.2) is 5.60 Å². The van der Waals surface area contributed by atoms with Crippen LogP contribution in [0.25, 0.3) is 0 Å². The first-order valence-electron chi connectivity index (χ1n) is 8.95. The molecule has 0 atom stereocenters. The van der Waals surface area contributed by atoms with E-state index < -0.39 is 11.0 Å². The van der Waals surface area contributed by atoms with Crippen molar-refractivity contribution >= 4 is 0 Å². The van der Waals surface area contributed by atoms with Crippen LogP contribution in [0.1, 0.15) is 43.2 Å². The highest BCUT2D eigenvalue weighted by Crippen LogP contribution is 2.59. The summed E-state index contributed by atoms with van der Waals surface area (Å²) in [6.45, 7) is 0. The fraction of sp³-hybridized carbons (Fsp3) is 0.318. The van der Waals surface area contributed by atoms with E-state index in [1.807, 2.05) is 36.4 Å². The molecule has 1 fully saturated rings. The van der Waals surface area contributed by atoms with Gasteiger partial charge in [-0.3, -0.25) is 0 Å². The van der Waals surface area contributed by atoms with Crippen molar-refractivity contribution in [1.29, 1.82) is 5.26 Å². The van der Waals surface area contributed by atoms with Crippen LogP contribution in [0.4, 0.5) is 0 Å². The van der Waals surface area contributed by atoms with Gasteiger partial charge in [-0.25, -0.2) is 0 Å². The van der Waals surface area contributed by atoms with Crippen LogP contribution >= 0.6 is 0 Å². The van der Waals surface area contributed by atoms with Gasteiger partial charge >= 0.3 is 0 Å². The van der Waals surface area contributed by atoms with Crippen molar-refractivity contribution < 1.29 is 4.74 Å². The molecule has 0 saturated heterocycles. The van der Waals surface area contributed by atoms with E-state index in [4.69, 9.17) is 10.5 Å². The first-order chi connectivity index (χ1) is 12.2. The molecule has 1 aliphatic carbocycles. The second-order valence-electron chi connectivity index (χ2n) is 6.99. The number of rotatable bonds is 2. The molecular weight excluding hydrogens is 308 g/mol. The molecule has 2 aromatic rings. The lowest BCUT2D eigenvalue weighted by atomic mass is 9.56. The molecule has 1 heterocycles. The van der Waals surface area contributed by atoms with E-state index in [9.17, 15) is 5.26 Å². The molecule has 0 radical (unpaired) electrons. The van der Waals surface area contributed by atoms with Crippen molar-refractivity contribution in [2.24, 2.45) is 5.73 Å². The Balaban J connectivity index is 2.08. The van der Waals surface area contributed by atoms with Gasteiger partial charge in [0.2, 0.25) is 0 Å². The second-order valence-corrected chi connectivity index (χ2v) is 6.99. The molecule has 2 aliphatic rings. The minimum atomic E-state index is -0.644. The van der Waals surface area contributed by atoms with Crippen LogP contribution in [0.2, 0.25) is 0 Å². The van der Waals surface area contributed by atoms with Crippen LogP contribution in [0, 0.1) is 11.3 Å². The van der Waals surface area contributed by atoms with Gasteiger partial charge in [0, 0.05) is 0 Å². The van der Waals surface area contributed by atoms with Gasteiger partial charge in [-0.05, 0) is 36.8 Å². The Bertz CT molecular complexity index is 788. The Hall–Kier alpha value is -2.73. The van der Waals surface area contributed by atoms with Gasteiger partial charge < -0.3 is 10.5 Å². The normalized spacial score (nSPS) is 20.9. The summed E-state index contributed by atoms with van der Waals surface area (Å²) in [4.78, 5) is 0. The number of ether oxygens (including phenoxy) is 1. The number of nitrogens with zero attached hydrogens (tertiary/aromatic N) is 1. The van der Waals surface area contributed by atoms with E-state index in [0.717, 1.165) is 36.8 Å². The Kier molecular flexibility index (Phi) is 3.77. The smallest absolute Gasteiger partial charge is 0.200 e. The maximum absolute atomic E-state index is 10.0. The Morgan fingerprint density at radius 1 is 0.840 bits per heavy atom. The molecule has 4 rings (SSSR count). The van der Waals surface area contributed by atoms with Crippen LogP contribution in [-0.2, 0) is 10.2 Å². The van der Waals surface area contributed by atoms with E-state index in [1.54, 1.807) is 0 Å². The number of benzene rings is 2. The zero-order valence-electron chi connectivity index (χ0n) is 14.2. The molecule has 3 heteroatoms. The van der Waals surface area contributed by atoms with Gasteiger partial charge in [0.05, 0.1) is 0 Å². The molecule has 126 valence electrons. The SMILES string of the molecule is N#CC1=C(N)OC2(CCCCC2)C1(c1ccccc1)c1ccccc1. The topological polar surface area (TPSA) is 59.0 Å². The van der Waals surface area contributed by atoms with E-state index in [-0.39, 0.29) is 5.88 Å². The van der Waals surface area contributed by atoms with Gasteiger partial charge in [0.25, 0.3) is 0 Å². The van der Waals surface area contributed by atoms with Crippen molar-refractivity contribution in [2.75, 3.05) is 0 Å². The van der Waals surface area contributed by atoms with Gasteiger partial charge in [0.1, 0.15) is 22.7 Å². The van der Waals surface area contributed by atoms with Crippen LogP contribution < -0.4 is 5.73 Å². The predicted molar refractivity (Wildman–Crippen MR) is 97.4 cm³/mol. The summed E-state index contributed by atoms with van der Waals surface area (Å²) in [6.07, 6.45) is 5.19. The standard InChI is InChI=1S/C22H22N2O/c23-16-19-20(24)25-21(14-8-3-9-15-21)22(19,17-10-4-1-5-11-17)18-12-6-2-7-13-18/h1-2,4-7,10-13H,3,8-9,14-15,24H2. The third-order valence-electron chi connectivity index (χ3n) is 5.80. The summed E-state index contributed by atoms with van der Waals surface area (Å²) in [5.41, 5.74) is 7.87. The number of nitrogens with two attached hydrogens (primary N) is 1. The Morgan fingerprint density at radius 3 is 1.84 bits per heavy atom. The van der Waals surface area contributed by atoms with Gasteiger partial charge in [-0.15, -0.1) is 0 Å². The minimum absolute atomic E-state index is 0.289. The highest BCUT2D eigenvalue weighted by atomic mass is 16.5. The molecule has 25 heavy (non-hydrogen) atoms. The highest BCUT2D eigenvalue weighted by molar-refractivity contribution is 5.60. The summed E-state index contributed by atoms with van der Waals surface area (Å²) in [5.74, 6) is 0.289. The molecular formula is C22H22N2O. The summed E-state index contributed by atoms with van der Waals surface area (Å²) >= 11 is 0. The average Bonchev–Trinajstić information content (AvgIpc) is 2.91. The Morgan fingerprint density at radius 2 is 1.36 bits per heavy atom. The lowest BCUT2D eigenvalue weighted by Crippen LogP contribution is -2.52. The van der Waals surface area contributed by atoms with Crippen molar-refractivity contribution in [2.45, 2.75) is 43.1 Å². The highest BCUT2D eigenvalue weighted by Gasteiger charge is 2.63. The van der Waals surface area contributed by atoms with E-state index >= 15 is 0 Å². The summed E-state index contributed by atoms with van der Waals surface area (Å²) in [5, 5.41) is 10.0. The number of hydrogen-bond donors (Lipinski definition) is 1. The van der Waals surface area contributed by atoms with Crippen LogP contribution in [0.15, 0.2) is 72.1 Å². The molecule has 1 aliphatic heterocycles. The maximum Gasteiger partial charge on any atom is 0.200 e. The third kappa shape index (κ3) is 2.10. The first-order valence-corrected chi connectivity index (χ1v) is 8.95. The van der Waals surface area contributed by atoms with E-state index in [1.165, 1.54) is 6.42 Å². The summed E-state index contributed by atoms with van der Waals surface area (Å²) in [6, 6.07) is 22.9. The molecule has 0 bridgehead atoms. The molecule has 0 amide bonds. The second kappa shape index (κ2) is 5.97. The fourth-order valence-corrected chi connectivity index (χ4v) is 4.85. The van der Waals surface area contributed by atoms with Crippen molar-refractivity contribution in [3.05, 3.63) is 83.2 Å². The lowest BCUT2D eigenvalue weighted by Gasteiger charge is -2.47. The molecule has 1 spiro atoms.